The van der Waals surface area contributed by atoms with Crippen LogP contribution in [0.3, 0.4) is 0 Å². The van der Waals surface area contributed by atoms with Crippen LogP contribution in [-0.4, -0.2) is 77.8 Å². The second-order valence-electron chi connectivity index (χ2n) is 12.2. The van der Waals surface area contributed by atoms with Crippen LogP contribution in [0.25, 0.3) is 0 Å². The Balaban J connectivity index is 1.29. The molecule has 3 saturated heterocycles. The van der Waals surface area contributed by atoms with Gasteiger partial charge in [-0.3, -0.25) is 9.69 Å². The third kappa shape index (κ3) is 7.00. The standard InChI is InChI=1S/C31H42ClFN4O4S/c1-20(9-14-27-28-19-36(28)24-6-4-16-42(40,41)37(27)18-24)26(8-3-15-33)35-31(39)30(34)29(21-10-12-23(32)13-11-21)22-5-2-7-25(38)17-22/h3,8,10-13,15,22,24-25,27-30,38H,1-2,4-7,9,14,16-19,34H2,(H,35,39)/b15-3-,26-8+/t22?,24?,25?,27-,28?,29-,30-,36?/m0/s1. The van der Waals surface area contributed by atoms with Gasteiger partial charge in [0, 0.05) is 47.9 Å². The van der Waals surface area contributed by atoms with E-state index < -0.39 is 28.1 Å². The summed E-state index contributed by atoms with van der Waals surface area (Å²) in [6.45, 7) is 5.60. The molecule has 3 aliphatic heterocycles. The predicted octanol–water partition coefficient (Wildman–Crippen LogP) is 3.98. The van der Waals surface area contributed by atoms with Crippen LogP contribution in [0.4, 0.5) is 4.39 Å². The molecule has 1 aromatic carbocycles. The summed E-state index contributed by atoms with van der Waals surface area (Å²) >= 11 is 6.13. The average Bonchev–Trinajstić information content (AvgIpc) is 3.77. The molecule has 42 heavy (non-hydrogen) atoms. The van der Waals surface area contributed by atoms with Gasteiger partial charge >= 0.3 is 0 Å². The Bertz CT molecular complexity index is 1320. The number of sulfonamides is 1. The minimum absolute atomic E-state index is 0.00392. The number of carbonyl (C=O) groups excluding carboxylic acids is 1. The first-order chi connectivity index (χ1) is 20.1. The van der Waals surface area contributed by atoms with Crippen molar-refractivity contribution in [1.29, 1.82) is 0 Å². The van der Waals surface area contributed by atoms with E-state index in [2.05, 4.69) is 16.8 Å². The second-order valence-corrected chi connectivity index (χ2v) is 14.7. The van der Waals surface area contributed by atoms with Crippen LogP contribution in [0.1, 0.15) is 62.8 Å². The number of halogens is 2. The predicted molar refractivity (Wildman–Crippen MR) is 163 cm³/mol. The van der Waals surface area contributed by atoms with Crippen LogP contribution in [0, 0.1) is 5.92 Å². The zero-order valence-corrected chi connectivity index (χ0v) is 25.4. The van der Waals surface area contributed by atoms with Crippen LogP contribution in [-0.2, 0) is 14.8 Å². The molecule has 8 nitrogen and oxygen atoms in total. The molecule has 6 unspecified atom stereocenters. The van der Waals surface area contributed by atoms with Crippen molar-refractivity contribution < 1.29 is 22.7 Å². The Morgan fingerprint density at radius 1 is 1.21 bits per heavy atom. The number of carbonyl (C=O) groups is 1. The lowest BCUT2D eigenvalue weighted by Crippen LogP contribution is -2.52. The number of aliphatic hydroxyl groups excluding tert-OH is 1. The fourth-order valence-electron chi connectivity index (χ4n) is 7.30. The van der Waals surface area contributed by atoms with E-state index in [4.69, 9.17) is 17.3 Å². The number of benzene rings is 1. The van der Waals surface area contributed by atoms with Crippen molar-refractivity contribution in [3.05, 3.63) is 71.2 Å². The Kier molecular flexibility index (Phi) is 9.91. The number of aliphatic hydroxyl groups is 1. The molecule has 4 aliphatic rings. The summed E-state index contributed by atoms with van der Waals surface area (Å²) < 4.78 is 40.8. The van der Waals surface area contributed by atoms with E-state index in [0.29, 0.717) is 54.9 Å². The Morgan fingerprint density at radius 2 is 1.98 bits per heavy atom. The van der Waals surface area contributed by atoms with Gasteiger partial charge < -0.3 is 16.2 Å². The van der Waals surface area contributed by atoms with Crippen LogP contribution < -0.4 is 11.1 Å². The minimum atomic E-state index is -3.32. The van der Waals surface area contributed by atoms with Gasteiger partial charge in [-0.2, -0.15) is 4.31 Å². The Morgan fingerprint density at radius 3 is 2.69 bits per heavy atom. The minimum Gasteiger partial charge on any atom is -0.393 e. The number of fused-ring (bicyclic) bond motifs is 4. The number of nitrogens with zero attached hydrogens (tertiary/aromatic N) is 2. The summed E-state index contributed by atoms with van der Waals surface area (Å²) in [6.07, 6.45) is 8.11. The lowest BCUT2D eigenvalue weighted by atomic mass is 9.72. The lowest BCUT2D eigenvalue weighted by molar-refractivity contribution is -0.122. The highest BCUT2D eigenvalue weighted by atomic mass is 35.5. The topological polar surface area (TPSA) is 116 Å². The number of nitrogens with one attached hydrogen (secondary N) is 1. The van der Waals surface area contributed by atoms with E-state index in [1.165, 1.54) is 12.2 Å². The van der Waals surface area contributed by atoms with E-state index in [1.807, 2.05) is 12.1 Å². The number of hydrogen-bond donors (Lipinski definition) is 3. The third-order valence-corrected chi connectivity index (χ3v) is 11.7. The van der Waals surface area contributed by atoms with Crippen molar-refractivity contribution in [2.45, 2.75) is 87.6 Å². The quantitative estimate of drug-likeness (QED) is 0.269. The molecule has 4 N–H and O–H groups in total. The Hall–Kier alpha value is -2.08. The van der Waals surface area contributed by atoms with E-state index in [9.17, 15) is 22.7 Å². The van der Waals surface area contributed by atoms with Crippen LogP contribution >= 0.6 is 11.6 Å². The number of nitrogens with two attached hydrogens (primary N) is 1. The summed E-state index contributed by atoms with van der Waals surface area (Å²) in [6, 6.07) is 6.68. The molecule has 0 spiro atoms. The Labute approximate surface area is 253 Å². The summed E-state index contributed by atoms with van der Waals surface area (Å²) in [4.78, 5) is 16.0. The number of piperazine rings is 1. The number of allylic oxidation sites excluding steroid dienone is 3. The number of amides is 1. The fraction of sp³-hybridized carbons (Fsp3) is 0.581. The van der Waals surface area contributed by atoms with Gasteiger partial charge in [-0.1, -0.05) is 36.7 Å². The molecule has 0 radical (unpaired) electrons. The van der Waals surface area contributed by atoms with Crippen LogP contribution in [0.2, 0.25) is 5.02 Å². The molecule has 1 amide bonds. The summed E-state index contributed by atoms with van der Waals surface area (Å²) in [5.41, 5.74) is 8.44. The molecule has 1 saturated carbocycles. The van der Waals surface area contributed by atoms with Gasteiger partial charge in [0.05, 0.1) is 24.2 Å². The molecule has 0 aromatic heterocycles. The van der Waals surface area contributed by atoms with E-state index in [1.54, 1.807) is 16.4 Å². The van der Waals surface area contributed by atoms with Crippen LogP contribution in [0.5, 0.6) is 0 Å². The van der Waals surface area contributed by atoms with Gasteiger partial charge in [-0.25, -0.2) is 12.8 Å². The third-order valence-electron chi connectivity index (χ3n) is 9.52. The van der Waals surface area contributed by atoms with E-state index in [0.717, 1.165) is 37.8 Å². The van der Waals surface area contributed by atoms with Crippen LogP contribution in [0.15, 0.2) is 60.6 Å². The number of hydrogen-bond acceptors (Lipinski definition) is 6. The van der Waals surface area contributed by atoms with Crippen molar-refractivity contribution in [2.24, 2.45) is 11.7 Å². The first kappa shape index (κ1) is 31.3. The fourth-order valence-corrected chi connectivity index (χ4v) is 9.25. The van der Waals surface area contributed by atoms with Gasteiger partial charge in [-0.15, -0.1) is 0 Å². The zero-order valence-electron chi connectivity index (χ0n) is 23.9. The summed E-state index contributed by atoms with van der Waals surface area (Å²) in [5.74, 6) is -0.607. The largest absolute Gasteiger partial charge is 0.393 e. The average molecular weight is 621 g/mol. The maximum Gasteiger partial charge on any atom is 0.241 e. The lowest BCUT2D eigenvalue weighted by Gasteiger charge is -2.37. The van der Waals surface area contributed by atoms with E-state index >= 15 is 0 Å². The smallest absolute Gasteiger partial charge is 0.241 e. The van der Waals surface area contributed by atoms with Crippen molar-refractivity contribution in [2.75, 3.05) is 18.8 Å². The maximum absolute atomic E-state index is 13.6. The van der Waals surface area contributed by atoms with Crippen molar-refractivity contribution in [3.8, 4) is 0 Å². The molecule has 230 valence electrons. The molecule has 1 aromatic rings. The molecule has 4 fully saturated rings. The highest BCUT2D eigenvalue weighted by molar-refractivity contribution is 7.89. The first-order valence-electron chi connectivity index (χ1n) is 15.0. The molecule has 9 atom stereocenters. The summed E-state index contributed by atoms with van der Waals surface area (Å²) in [7, 11) is -3.32. The molecule has 3 heterocycles. The zero-order chi connectivity index (χ0) is 30.0. The summed E-state index contributed by atoms with van der Waals surface area (Å²) in [5, 5.41) is 13.8. The first-order valence-corrected chi connectivity index (χ1v) is 17.0. The molecule has 2 bridgehead atoms. The normalized spacial score (nSPS) is 33.7. The van der Waals surface area contributed by atoms with Gasteiger partial charge in [0.1, 0.15) is 0 Å². The molecule has 11 heteroatoms. The SMILES string of the molecule is C=C(CC[C@H]1C2CN2C2CCCS(=O)(=O)N1C2)/C(=C\C=C/F)NC(=O)[C@@H](N)[C@@H](c1ccc(Cl)cc1)C1CCCC(O)C1. The van der Waals surface area contributed by atoms with Crippen molar-refractivity contribution in [3.63, 3.8) is 0 Å². The van der Waals surface area contributed by atoms with Gasteiger partial charge in [0.15, 0.2) is 0 Å². The highest BCUT2D eigenvalue weighted by Crippen LogP contribution is 2.41. The molecule has 1 aliphatic carbocycles. The van der Waals surface area contributed by atoms with Gasteiger partial charge in [0.25, 0.3) is 0 Å². The monoisotopic (exact) mass is 620 g/mol. The van der Waals surface area contributed by atoms with Crippen molar-refractivity contribution >= 4 is 27.5 Å². The number of rotatable bonds is 10. The van der Waals surface area contributed by atoms with Gasteiger partial charge in [-0.05, 0) is 86.3 Å². The second kappa shape index (κ2) is 13.3. The molecule has 5 rings (SSSR count). The van der Waals surface area contributed by atoms with E-state index in [-0.39, 0.29) is 35.7 Å². The maximum atomic E-state index is 13.6. The highest BCUT2D eigenvalue weighted by Gasteiger charge is 2.54. The van der Waals surface area contributed by atoms with Crippen molar-refractivity contribution in [1.82, 2.24) is 14.5 Å². The molecular formula is C31H42ClFN4O4S. The molecular weight excluding hydrogens is 579 g/mol. The van der Waals surface area contributed by atoms with Gasteiger partial charge in [0.2, 0.25) is 15.9 Å².